The maximum absolute atomic E-state index is 12.6. The van der Waals surface area contributed by atoms with Crippen molar-refractivity contribution in [1.82, 2.24) is 4.90 Å². The van der Waals surface area contributed by atoms with E-state index in [1.807, 2.05) is 30.3 Å². The third-order valence-corrected chi connectivity index (χ3v) is 5.53. The SMILES string of the molecule is O=C(C1CCOCC1)N1CC[C@](Cc2ccccc2)(C(=O)O)[C@H](O)C1. The number of carbonyl (C=O) groups is 2. The number of hydrogen-bond donors (Lipinski definition) is 2. The molecule has 1 aromatic rings. The zero-order chi connectivity index (χ0) is 17.9. The Balaban J connectivity index is 1.71. The van der Waals surface area contributed by atoms with Crippen molar-refractivity contribution in [1.29, 1.82) is 0 Å². The quantitative estimate of drug-likeness (QED) is 0.858. The maximum Gasteiger partial charge on any atom is 0.312 e. The van der Waals surface area contributed by atoms with Gasteiger partial charge in [-0.15, -0.1) is 0 Å². The van der Waals surface area contributed by atoms with E-state index in [-0.39, 0.29) is 31.2 Å². The van der Waals surface area contributed by atoms with Crippen LogP contribution in [0.15, 0.2) is 30.3 Å². The van der Waals surface area contributed by atoms with Crippen molar-refractivity contribution >= 4 is 11.9 Å². The van der Waals surface area contributed by atoms with Crippen LogP contribution in [0.2, 0.25) is 0 Å². The fourth-order valence-corrected chi connectivity index (χ4v) is 3.87. The number of carboxylic acid groups (broad SMARTS) is 1. The molecule has 1 aromatic carbocycles. The molecule has 0 aromatic heterocycles. The number of ether oxygens (including phenoxy) is 1. The molecule has 0 saturated carbocycles. The van der Waals surface area contributed by atoms with Crippen molar-refractivity contribution in [3.05, 3.63) is 35.9 Å². The number of piperidine rings is 1. The van der Waals surface area contributed by atoms with E-state index in [4.69, 9.17) is 4.74 Å². The van der Waals surface area contributed by atoms with Gasteiger partial charge >= 0.3 is 5.97 Å². The van der Waals surface area contributed by atoms with Crippen LogP contribution in [0.25, 0.3) is 0 Å². The Morgan fingerprint density at radius 1 is 1.20 bits per heavy atom. The second-order valence-electron chi connectivity index (χ2n) is 7.06. The molecule has 3 rings (SSSR count). The van der Waals surface area contributed by atoms with Crippen molar-refractivity contribution in [3.63, 3.8) is 0 Å². The fraction of sp³-hybridized carbons (Fsp3) is 0.579. The van der Waals surface area contributed by atoms with Gasteiger partial charge < -0.3 is 19.8 Å². The van der Waals surface area contributed by atoms with Gasteiger partial charge in [-0.1, -0.05) is 30.3 Å². The number of carboxylic acids is 1. The van der Waals surface area contributed by atoms with Gasteiger partial charge in [0, 0.05) is 32.2 Å². The molecule has 0 radical (unpaired) electrons. The molecule has 0 unspecified atom stereocenters. The zero-order valence-electron chi connectivity index (χ0n) is 14.3. The Morgan fingerprint density at radius 3 is 2.48 bits per heavy atom. The van der Waals surface area contributed by atoms with Gasteiger partial charge in [0.25, 0.3) is 0 Å². The molecule has 0 aliphatic carbocycles. The van der Waals surface area contributed by atoms with E-state index in [0.29, 0.717) is 32.6 Å². The number of likely N-dealkylation sites (tertiary alicyclic amines) is 1. The Labute approximate surface area is 147 Å². The summed E-state index contributed by atoms with van der Waals surface area (Å²) >= 11 is 0. The first-order valence-electron chi connectivity index (χ1n) is 8.85. The van der Waals surface area contributed by atoms with Gasteiger partial charge in [0.2, 0.25) is 5.91 Å². The van der Waals surface area contributed by atoms with Crippen molar-refractivity contribution in [2.45, 2.75) is 31.8 Å². The number of amides is 1. The Bertz CT molecular complexity index is 614. The van der Waals surface area contributed by atoms with Crippen LogP contribution in [0.4, 0.5) is 0 Å². The molecular weight excluding hydrogens is 322 g/mol. The molecule has 136 valence electrons. The minimum atomic E-state index is -1.24. The molecule has 2 fully saturated rings. The summed E-state index contributed by atoms with van der Waals surface area (Å²) in [6.07, 6.45) is 0.832. The highest BCUT2D eigenvalue weighted by molar-refractivity contribution is 5.80. The Kier molecular flexibility index (Phi) is 5.39. The molecule has 25 heavy (non-hydrogen) atoms. The van der Waals surface area contributed by atoms with Gasteiger partial charge in [0.15, 0.2) is 0 Å². The van der Waals surface area contributed by atoms with E-state index >= 15 is 0 Å². The first kappa shape index (κ1) is 17.9. The summed E-state index contributed by atoms with van der Waals surface area (Å²) in [6.45, 7) is 1.61. The predicted octanol–water partition coefficient (Wildman–Crippen LogP) is 1.32. The van der Waals surface area contributed by atoms with E-state index < -0.39 is 17.5 Å². The van der Waals surface area contributed by atoms with Gasteiger partial charge in [0.05, 0.1) is 6.10 Å². The summed E-state index contributed by atoms with van der Waals surface area (Å²) in [5, 5.41) is 20.5. The maximum atomic E-state index is 12.6. The summed E-state index contributed by atoms with van der Waals surface area (Å²) in [5.41, 5.74) is -0.360. The number of β-amino-alcohol motifs (C(OH)–C–C–N with tert-alkyl or cyclic N) is 1. The van der Waals surface area contributed by atoms with Crippen LogP contribution in [0.5, 0.6) is 0 Å². The third-order valence-electron chi connectivity index (χ3n) is 5.53. The largest absolute Gasteiger partial charge is 0.481 e. The molecule has 6 heteroatoms. The minimum Gasteiger partial charge on any atom is -0.481 e. The van der Waals surface area contributed by atoms with Crippen LogP contribution < -0.4 is 0 Å². The number of rotatable bonds is 4. The number of aliphatic carboxylic acids is 1. The average molecular weight is 347 g/mol. The number of aliphatic hydroxyl groups excluding tert-OH is 1. The van der Waals surface area contributed by atoms with E-state index in [1.54, 1.807) is 4.90 Å². The van der Waals surface area contributed by atoms with Gasteiger partial charge in [-0.25, -0.2) is 0 Å². The fourth-order valence-electron chi connectivity index (χ4n) is 3.87. The van der Waals surface area contributed by atoms with Gasteiger partial charge in [-0.3, -0.25) is 9.59 Å². The molecule has 2 aliphatic heterocycles. The highest BCUT2D eigenvalue weighted by Gasteiger charge is 2.49. The highest BCUT2D eigenvalue weighted by Crippen LogP contribution is 2.36. The van der Waals surface area contributed by atoms with Crippen LogP contribution in [-0.4, -0.2) is 59.4 Å². The third kappa shape index (κ3) is 3.70. The van der Waals surface area contributed by atoms with Gasteiger partial charge in [-0.05, 0) is 31.2 Å². The summed E-state index contributed by atoms with van der Waals surface area (Å²) < 4.78 is 5.29. The van der Waals surface area contributed by atoms with Crippen LogP contribution >= 0.6 is 0 Å². The second-order valence-corrected chi connectivity index (χ2v) is 7.06. The number of aliphatic hydroxyl groups is 1. The molecule has 0 bridgehead atoms. The summed E-state index contributed by atoms with van der Waals surface area (Å²) in [5.74, 6) is -1.06. The van der Waals surface area contributed by atoms with Gasteiger partial charge in [0.1, 0.15) is 5.41 Å². The second kappa shape index (κ2) is 7.54. The first-order valence-corrected chi connectivity index (χ1v) is 8.85. The molecule has 6 nitrogen and oxygen atoms in total. The smallest absolute Gasteiger partial charge is 0.312 e. The zero-order valence-corrected chi connectivity index (χ0v) is 14.3. The van der Waals surface area contributed by atoms with E-state index in [1.165, 1.54) is 0 Å². The average Bonchev–Trinajstić information content (AvgIpc) is 2.64. The first-order chi connectivity index (χ1) is 12.0. The lowest BCUT2D eigenvalue weighted by molar-refractivity contribution is -0.167. The molecular formula is C19H25NO5. The number of benzene rings is 1. The number of hydrogen-bond acceptors (Lipinski definition) is 4. The number of nitrogens with zero attached hydrogens (tertiary/aromatic N) is 1. The van der Waals surface area contributed by atoms with Crippen LogP contribution in [0, 0.1) is 11.3 Å². The molecule has 2 atom stereocenters. The van der Waals surface area contributed by atoms with E-state index in [9.17, 15) is 19.8 Å². The molecule has 1 amide bonds. The summed E-state index contributed by atoms with van der Waals surface area (Å²) in [6, 6.07) is 9.35. The standard InChI is InChI=1S/C19H25NO5/c21-16-13-20(17(22)15-6-10-25-11-7-15)9-8-19(16,18(23)24)12-14-4-2-1-3-5-14/h1-5,15-16,21H,6-13H2,(H,23,24)/t16-,19-/m1/s1. The summed E-state index contributed by atoms with van der Waals surface area (Å²) in [4.78, 5) is 26.3. The van der Waals surface area contributed by atoms with Gasteiger partial charge in [-0.2, -0.15) is 0 Å². The number of carbonyl (C=O) groups excluding carboxylic acids is 1. The molecule has 2 saturated heterocycles. The highest BCUT2D eigenvalue weighted by atomic mass is 16.5. The molecule has 0 spiro atoms. The molecule has 2 aliphatic rings. The Morgan fingerprint density at radius 2 is 1.88 bits per heavy atom. The molecule has 2 heterocycles. The predicted molar refractivity (Wildman–Crippen MR) is 91.0 cm³/mol. The van der Waals surface area contributed by atoms with Crippen LogP contribution in [0.1, 0.15) is 24.8 Å². The molecule has 2 N–H and O–H groups in total. The topological polar surface area (TPSA) is 87.1 Å². The normalized spacial score (nSPS) is 27.9. The van der Waals surface area contributed by atoms with Crippen molar-refractivity contribution in [2.75, 3.05) is 26.3 Å². The van der Waals surface area contributed by atoms with E-state index in [2.05, 4.69) is 0 Å². The summed E-state index contributed by atoms with van der Waals surface area (Å²) in [7, 11) is 0. The lowest BCUT2D eigenvalue weighted by atomic mass is 9.71. The minimum absolute atomic E-state index is 0.0149. The van der Waals surface area contributed by atoms with Crippen molar-refractivity contribution in [2.24, 2.45) is 11.3 Å². The Hall–Kier alpha value is -1.92. The van der Waals surface area contributed by atoms with Crippen molar-refractivity contribution < 1.29 is 24.5 Å². The van der Waals surface area contributed by atoms with E-state index in [0.717, 1.165) is 5.56 Å². The van der Waals surface area contributed by atoms with Crippen molar-refractivity contribution in [3.8, 4) is 0 Å². The lowest BCUT2D eigenvalue weighted by Gasteiger charge is -2.44. The monoisotopic (exact) mass is 347 g/mol. The van der Waals surface area contributed by atoms with Crippen LogP contribution in [-0.2, 0) is 20.7 Å². The van der Waals surface area contributed by atoms with Crippen LogP contribution in [0.3, 0.4) is 0 Å². The lowest BCUT2D eigenvalue weighted by Crippen LogP contribution is -2.58.